The molecule has 0 spiro atoms. The molecule has 21 heavy (non-hydrogen) atoms. The van der Waals surface area contributed by atoms with Gasteiger partial charge in [0.15, 0.2) is 6.10 Å². The number of rotatable bonds is 3. The van der Waals surface area contributed by atoms with Crippen LogP contribution in [0.3, 0.4) is 0 Å². The molecule has 0 saturated carbocycles. The van der Waals surface area contributed by atoms with Gasteiger partial charge in [-0.3, -0.25) is 0 Å². The number of benzene rings is 1. The van der Waals surface area contributed by atoms with Crippen molar-refractivity contribution < 1.29 is 31.8 Å². The van der Waals surface area contributed by atoms with E-state index in [-0.39, 0.29) is 5.75 Å². The second-order valence-corrected chi connectivity index (χ2v) is 5.43. The van der Waals surface area contributed by atoms with Crippen LogP contribution in [0.4, 0.5) is 17.6 Å². The van der Waals surface area contributed by atoms with E-state index < -0.39 is 35.2 Å². The van der Waals surface area contributed by atoms with Crippen molar-refractivity contribution in [3.05, 3.63) is 29.6 Å². The highest BCUT2D eigenvalue weighted by Gasteiger charge is 2.34. The van der Waals surface area contributed by atoms with Gasteiger partial charge in [0.2, 0.25) is 0 Å². The zero-order chi connectivity index (χ0) is 16.4. The van der Waals surface area contributed by atoms with Gasteiger partial charge < -0.3 is 9.47 Å². The molecule has 0 aliphatic rings. The molecule has 0 bridgehead atoms. The summed E-state index contributed by atoms with van der Waals surface area (Å²) in [6.45, 7) is 6.29. The van der Waals surface area contributed by atoms with Gasteiger partial charge in [-0.25, -0.2) is 9.18 Å². The molecule has 0 heterocycles. The summed E-state index contributed by atoms with van der Waals surface area (Å²) in [7, 11) is 0. The SMILES string of the molecule is CC(Oc1ccc(F)c(C(F)(F)F)c1)C(=O)OC(C)(C)C. The lowest BCUT2D eigenvalue weighted by molar-refractivity contribution is -0.162. The van der Waals surface area contributed by atoms with Crippen molar-refractivity contribution in [2.24, 2.45) is 0 Å². The molecule has 1 rings (SSSR count). The van der Waals surface area contributed by atoms with E-state index in [1.807, 2.05) is 0 Å². The Kier molecular flexibility index (Phi) is 4.86. The van der Waals surface area contributed by atoms with Crippen molar-refractivity contribution in [2.45, 2.75) is 45.6 Å². The zero-order valence-corrected chi connectivity index (χ0v) is 12.0. The zero-order valence-electron chi connectivity index (χ0n) is 12.0. The highest BCUT2D eigenvalue weighted by atomic mass is 19.4. The van der Waals surface area contributed by atoms with Gasteiger partial charge in [-0.2, -0.15) is 13.2 Å². The van der Waals surface area contributed by atoms with Crippen LogP contribution in [-0.4, -0.2) is 17.7 Å². The molecular formula is C14H16F4O3. The predicted molar refractivity (Wildman–Crippen MR) is 67.3 cm³/mol. The van der Waals surface area contributed by atoms with E-state index in [9.17, 15) is 22.4 Å². The van der Waals surface area contributed by atoms with E-state index in [2.05, 4.69) is 0 Å². The summed E-state index contributed by atoms with van der Waals surface area (Å²) in [4.78, 5) is 11.7. The summed E-state index contributed by atoms with van der Waals surface area (Å²) in [6.07, 6.45) is -5.95. The average Bonchev–Trinajstić information content (AvgIpc) is 2.27. The topological polar surface area (TPSA) is 35.5 Å². The number of carbonyl (C=O) groups is 1. The minimum absolute atomic E-state index is 0.262. The maximum Gasteiger partial charge on any atom is 0.419 e. The molecule has 1 aromatic rings. The minimum atomic E-state index is -4.83. The lowest BCUT2D eigenvalue weighted by atomic mass is 10.2. The molecule has 0 N–H and O–H groups in total. The third-order valence-corrected chi connectivity index (χ3v) is 2.29. The van der Waals surface area contributed by atoms with Crippen molar-refractivity contribution in [1.29, 1.82) is 0 Å². The third kappa shape index (κ3) is 5.24. The molecule has 0 aliphatic carbocycles. The Bertz CT molecular complexity index is 518. The second kappa shape index (κ2) is 5.91. The lowest BCUT2D eigenvalue weighted by Gasteiger charge is -2.22. The van der Waals surface area contributed by atoms with Crippen LogP contribution in [0.2, 0.25) is 0 Å². The quantitative estimate of drug-likeness (QED) is 0.626. The van der Waals surface area contributed by atoms with Gasteiger partial charge in [-0.05, 0) is 45.9 Å². The molecule has 0 fully saturated rings. The average molecular weight is 308 g/mol. The molecule has 118 valence electrons. The van der Waals surface area contributed by atoms with Crippen LogP contribution in [0.25, 0.3) is 0 Å². The Morgan fingerprint density at radius 3 is 2.24 bits per heavy atom. The van der Waals surface area contributed by atoms with Crippen LogP contribution in [-0.2, 0) is 15.7 Å². The second-order valence-electron chi connectivity index (χ2n) is 5.43. The number of hydrogen-bond donors (Lipinski definition) is 0. The van der Waals surface area contributed by atoms with Crippen molar-refractivity contribution in [3.8, 4) is 5.75 Å². The Morgan fingerprint density at radius 1 is 1.19 bits per heavy atom. The van der Waals surface area contributed by atoms with Crippen LogP contribution in [0.5, 0.6) is 5.75 Å². The van der Waals surface area contributed by atoms with Gasteiger partial charge in [0.1, 0.15) is 17.2 Å². The molecule has 0 amide bonds. The highest BCUT2D eigenvalue weighted by Crippen LogP contribution is 2.33. The molecule has 0 saturated heterocycles. The molecule has 1 unspecified atom stereocenters. The summed E-state index contributed by atoms with van der Waals surface area (Å²) >= 11 is 0. The minimum Gasteiger partial charge on any atom is -0.479 e. The van der Waals surface area contributed by atoms with Gasteiger partial charge in [0, 0.05) is 0 Å². The first-order chi connectivity index (χ1) is 9.40. The predicted octanol–water partition coefficient (Wildman–Crippen LogP) is 3.95. The van der Waals surface area contributed by atoms with E-state index in [4.69, 9.17) is 9.47 Å². The molecule has 1 atom stereocenters. The maximum absolute atomic E-state index is 13.1. The van der Waals surface area contributed by atoms with Gasteiger partial charge in [-0.15, -0.1) is 0 Å². The molecule has 0 aliphatic heterocycles. The first kappa shape index (κ1) is 17.3. The maximum atomic E-state index is 13.1. The normalized spacial score (nSPS) is 13.7. The Labute approximate surface area is 119 Å². The van der Waals surface area contributed by atoms with Crippen LogP contribution in [0, 0.1) is 5.82 Å². The van der Waals surface area contributed by atoms with E-state index >= 15 is 0 Å². The van der Waals surface area contributed by atoms with Crippen molar-refractivity contribution >= 4 is 5.97 Å². The summed E-state index contributed by atoms with van der Waals surface area (Å²) in [5.74, 6) is -2.39. The highest BCUT2D eigenvalue weighted by molar-refractivity contribution is 5.75. The first-order valence-corrected chi connectivity index (χ1v) is 6.16. The lowest BCUT2D eigenvalue weighted by Crippen LogP contribution is -2.33. The standard InChI is InChI=1S/C14H16F4O3/c1-8(12(19)21-13(2,3)4)20-9-5-6-11(15)10(7-9)14(16,17)18/h5-8H,1-4H3. The molecule has 3 nitrogen and oxygen atoms in total. The molecule has 7 heteroatoms. The molecule has 0 aromatic heterocycles. The van der Waals surface area contributed by atoms with Gasteiger partial charge >= 0.3 is 12.1 Å². The van der Waals surface area contributed by atoms with Gasteiger partial charge in [0.05, 0.1) is 5.56 Å². The van der Waals surface area contributed by atoms with Crippen LogP contribution < -0.4 is 4.74 Å². The smallest absolute Gasteiger partial charge is 0.419 e. The van der Waals surface area contributed by atoms with Crippen molar-refractivity contribution in [1.82, 2.24) is 0 Å². The van der Waals surface area contributed by atoms with Crippen LogP contribution in [0.15, 0.2) is 18.2 Å². The first-order valence-electron chi connectivity index (χ1n) is 6.16. The van der Waals surface area contributed by atoms with Crippen molar-refractivity contribution in [3.63, 3.8) is 0 Å². The molecule has 1 aromatic carbocycles. The van der Waals surface area contributed by atoms with Crippen LogP contribution in [0.1, 0.15) is 33.3 Å². The largest absolute Gasteiger partial charge is 0.479 e. The summed E-state index contributed by atoms with van der Waals surface area (Å²) in [5, 5.41) is 0. The monoisotopic (exact) mass is 308 g/mol. The van der Waals surface area contributed by atoms with Gasteiger partial charge in [-0.1, -0.05) is 0 Å². The number of halogens is 4. The number of esters is 1. The molecular weight excluding hydrogens is 292 g/mol. The fourth-order valence-electron chi connectivity index (χ4n) is 1.43. The number of ether oxygens (including phenoxy) is 2. The summed E-state index contributed by atoms with van der Waals surface area (Å²) in [6, 6.07) is 2.17. The summed E-state index contributed by atoms with van der Waals surface area (Å²) < 4.78 is 60.9. The van der Waals surface area contributed by atoms with E-state index in [0.29, 0.717) is 12.1 Å². The molecule has 0 radical (unpaired) electrons. The van der Waals surface area contributed by atoms with E-state index in [1.54, 1.807) is 20.8 Å². The van der Waals surface area contributed by atoms with E-state index in [0.717, 1.165) is 6.07 Å². The number of hydrogen-bond acceptors (Lipinski definition) is 3. The fourth-order valence-corrected chi connectivity index (χ4v) is 1.43. The number of carbonyl (C=O) groups excluding carboxylic acids is 1. The van der Waals surface area contributed by atoms with E-state index in [1.165, 1.54) is 6.92 Å². The third-order valence-electron chi connectivity index (χ3n) is 2.29. The number of alkyl halides is 3. The summed E-state index contributed by atoms with van der Waals surface area (Å²) in [5.41, 5.74) is -2.19. The van der Waals surface area contributed by atoms with Crippen molar-refractivity contribution in [2.75, 3.05) is 0 Å². The van der Waals surface area contributed by atoms with Gasteiger partial charge in [0.25, 0.3) is 0 Å². The van der Waals surface area contributed by atoms with Crippen LogP contribution >= 0.6 is 0 Å². The Balaban J connectivity index is 2.87. The Hall–Kier alpha value is -1.79. The fraction of sp³-hybridized carbons (Fsp3) is 0.500. The Morgan fingerprint density at radius 2 is 1.76 bits per heavy atom.